The number of unbranched alkanes of at least 4 members (excludes halogenated alkanes) is 1. The number of nitrogens with zero attached hydrogens (tertiary/aromatic N) is 1. The number of rotatable bonds is 11. The molecule has 5 heteroatoms. The van der Waals surface area contributed by atoms with E-state index in [1.165, 1.54) is 0 Å². The maximum atomic E-state index is 11.9. The molecule has 168 valence electrons. The third-order valence-corrected chi connectivity index (χ3v) is 5.95. The minimum atomic E-state index is -0.714. The summed E-state index contributed by atoms with van der Waals surface area (Å²) in [5.74, 6) is 0.729. The van der Waals surface area contributed by atoms with Crippen LogP contribution in [0.3, 0.4) is 0 Å². The summed E-state index contributed by atoms with van der Waals surface area (Å²) in [4.78, 5) is 14.1. The van der Waals surface area contributed by atoms with Gasteiger partial charge >= 0.3 is 5.97 Å². The molecule has 0 radical (unpaired) electrons. The second kappa shape index (κ2) is 11.8. The Labute approximate surface area is 186 Å². The molecule has 31 heavy (non-hydrogen) atoms. The van der Waals surface area contributed by atoms with Crippen LogP contribution in [0.15, 0.2) is 48.5 Å². The lowest BCUT2D eigenvalue weighted by Gasteiger charge is -2.39. The van der Waals surface area contributed by atoms with Crippen molar-refractivity contribution >= 4 is 5.97 Å². The van der Waals surface area contributed by atoms with Crippen LogP contribution in [0.25, 0.3) is 0 Å². The highest BCUT2D eigenvalue weighted by atomic mass is 16.5. The molecule has 1 N–H and O–H groups in total. The van der Waals surface area contributed by atoms with Crippen molar-refractivity contribution in [3.05, 3.63) is 59.7 Å². The highest BCUT2D eigenvalue weighted by molar-refractivity contribution is 5.73. The van der Waals surface area contributed by atoms with E-state index >= 15 is 0 Å². The van der Waals surface area contributed by atoms with Gasteiger partial charge in [0, 0.05) is 6.04 Å². The molecule has 0 saturated carbocycles. The van der Waals surface area contributed by atoms with Gasteiger partial charge < -0.3 is 14.6 Å². The summed E-state index contributed by atoms with van der Waals surface area (Å²) in [5.41, 5.74) is 2.21. The second-order valence-electron chi connectivity index (χ2n) is 8.16. The standard InChI is InChI=1S/C26H35NO4/c1-3-5-13-22(27-17-10-9-14-23(27)26(28)29)21-15-16-24(25(18-21)30-4-2)31-19-20-11-7-6-8-12-20/h6-8,11-12,15-16,18,22-23H,3-5,9-10,13-14,17,19H2,1-2H3,(H,28,29). The summed E-state index contributed by atoms with van der Waals surface area (Å²) < 4.78 is 12.0. The number of ether oxygens (including phenoxy) is 2. The van der Waals surface area contributed by atoms with Gasteiger partial charge in [0.25, 0.3) is 0 Å². The van der Waals surface area contributed by atoms with Crippen molar-refractivity contribution in [3.63, 3.8) is 0 Å². The van der Waals surface area contributed by atoms with Gasteiger partial charge in [0.05, 0.1) is 6.61 Å². The van der Waals surface area contributed by atoms with E-state index in [-0.39, 0.29) is 6.04 Å². The van der Waals surface area contributed by atoms with Crippen molar-refractivity contribution in [2.24, 2.45) is 0 Å². The molecule has 1 aliphatic rings. The van der Waals surface area contributed by atoms with Gasteiger partial charge in [0.2, 0.25) is 0 Å². The Morgan fingerprint density at radius 1 is 1.10 bits per heavy atom. The van der Waals surface area contributed by atoms with Crippen LogP contribution >= 0.6 is 0 Å². The van der Waals surface area contributed by atoms with Gasteiger partial charge in [-0.1, -0.05) is 62.6 Å². The fourth-order valence-corrected chi connectivity index (χ4v) is 4.37. The first kappa shape index (κ1) is 23.1. The van der Waals surface area contributed by atoms with Gasteiger partial charge in [0.15, 0.2) is 11.5 Å². The third kappa shape index (κ3) is 6.23. The number of benzene rings is 2. The number of likely N-dealkylation sites (tertiary alicyclic amines) is 1. The quantitative estimate of drug-likeness (QED) is 0.490. The summed E-state index contributed by atoms with van der Waals surface area (Å²) in [5, 5.41) is 9.80. The molecule has 1 fully saturated rings. The molecular weight excluding hydrogens is 390 g/mol. The van der Waals surface area contributed by atoms with E-state index in [0.29, 0.717) is 19.6 Å². The molecule has 2 aromatic carbocycles. The Morgan fingerprint density at radius 2 is 1.90 bits per heavy atom. The van der Waals surface area contributed by atoms with Crippen LogP contribution in [-0.4, -0.2) is 35.2 Å². The monoisotopic (exact) mass is 425 g/mol. The first-order chi connectivity index (χ1) is 15.1. The maximum absolute atomic E-state index is 11.9. The molecule has 1 heterocycles. The van der Waals surface area contributed by atoms with E-state index < -0.39 is 12.0 Å². The molecule has 2 atom stereocenters. The highest BCUT2D eigenvalue weighted by Gasteiger charge is 2.34. The third-order valence-electron chi connectivity index (χ3n) is 5.95. The van der Waals surface area contributed by atoms with Crippen molar-refractivity contribution in [2.75, 3.05) is 13.2 Å². The Bertz CT molecular complexity index is 823. The van der Waals surface area contributed by atoms with Gasteiger partial charge in [-0.15, -0.1) is 0 Å². The molecule has 0 bridgehead atoms. The number of carboxylic acid groups (broad SMARTS) is 1. The number of carbonyl (C=O) groups is 1. The van der Waals surface area contributed by atoms with E-state index in [1.807, 2.05) is 43.3 Å². The van der Waals surface area contributed by atoms with Crippen molar-refractivity contribution < 1.29 is 19.4 Å². The lowest BCUT2D eigenvalue weighted by atomic mass is 9.93. The average Bonchev–Trinajstić information content (AvgIpc) is 2.80. The molecule has 0 aliphatic carbocycles. The molecule has 1 saturated heterocycles. The normalized spacial score (nSPS) is 17.8. The fraction of sp³-hybridized carbons (Fsp3) is 0.500. The van der Waals surface area contributed by atoms with E-state index in [1.54, 1.807) is 0 Å². The van der Waals surface area contributed by atoms with E-state index in [9.17, 15) is 9.90 Å². The van der Waals surface area contributed by atoms with Gasteiger partial charge in [-0.2, -0.15) is 0 Å². The number of piperidine rings is 1. The zero-order valence-corrected chi connectivity index (χ0v) is 18.8. The summed E-state index contributed by atoms with van der Waals surface area (Å²) in [7, 11) is 0. The number of hydrogen-bond donors (Lipinski definition) is 1. The SMILES string of the molecule is CCCCC(c1ccc(OCc2ccccc2)c(OCC)c1)N1CCCCC1C(=O)O. The van der Waals surface area contributed by atoms with Crippen LogP contribution in [0.4, 0.5) is 0 Å². The van der Waals surface area contributed by atoms with Gasteiger partial charge in [-0.25, -0.2) is 0 Å². The summed E-state index contributed by atoms with van der Waals surface area (Å²) in [6, 6.07) is 15.8. The molecule has 2 unspecified atom stereocenters. The van der Waals surface area contributed by atoms with Crippen molar-refractivity contribution in [1.29, 1.82) is 0 Å². The molecular formula is C26H35NO4. The van der Waals surface area contributed by atoms with Crippen LogP contribution in [0, 0.1) is 0 Å². The van der Waals surface area contributed by atoms with Crippen molar-refractivity contribution in [3.8, 4) is 11.5 Å². The van der Waals surface area contributed by atoms with Crippen LogP contribution in [0.5, 0.6) is 11.5 Å². The molecule has 3 rings (SSSR count). The highest BCUT2D eigenvalue weighted by Crippen LogP contribution is 2.37. The van der Waals surface area contributed by atoms with Crippen molar-refractivity contribution in [1.82, 2.24) is 4.90 Å². The molecule has 0 aromatic heterocycles. The largest absolute Gasteiger partial charge is 0.490 e. The molecule has 1 aliphatic heterocycles. The summed E-state index contributed by atoms with van der Waals surface area (Å²) in [6.45, 7) is 5.99. The second-order valence-corrected chi connectivity index (χ2v) is 8.16. The fourth-order valence-electron chi connectivity index (χ4n) is 4.37. The predicted octanol–water partition coefficient (Wildman–Crippen LogP) is 5.83. The number of hydrogen-bond acceptors (Lipinski definition) is 4. The molecule has 0 amide bonds. The van der Waals surface area contributed by atoms with Gasteiger partial charge in [0.1, 0.15) is 12.6 Å². The lowest BCUT2D eigenvalue weighted by Crippen LogP contribution is -2.46. The molecule has 2 aromatic rings. The number of aliphatic carboxylic acids is 1. The topological polar surface area (TPSA) is 59.0 Å². The smallest absolute Gasteiger partial charge is 0.320 e. The van der Waals surface area contributed by atoms with E-state index in [4.69, 9.17) is 9.47 Å². The number of carboxylic acids is 1. The molecule has 5 nitrogen and oxygen atoms in total. The Morgan fingerprint density at radius 3 is 2.61 bits per heavy atom. The average molecular weight is 426 g/mol. The van der Waals surface area contributed by atoms with E-state index in [0.717, 1.165) is 61.3 Å². The van der Waals surface area contributed by atoms with Crippen LogP contribution in [-0.2, 0) is 11.4 Å². The Hall–Kier alpha value is -2.53. The summed E-state index contributed by atoms with van der Waals surface area (Å²) in [6.07, 6.45) is 5.82. The Kier molecular flexibility index (Phi) is 8.77. The zero-order valence-electron chi connectivity index (χ0n) is 18.8. The first-order valence-corrected chi connectivity index (χ1v) is 11.6. The minimum Gasteiger partial charge on any atom is -0.490 e. The predicted molar refractivity (Wildman–Crippen MR) is 123 cm³/mol. The van der Waals surface area contributed by atoms with E-state index in [2.05, 4.69) is 24.0 Å². The summed E-state index contributed by atoms with van der Waals surface area (Å²) >= 11 is 0. The lowest BCUT2D eigenvalue weighted by molar-refractivity contribution is -0.146. The molecule has 0 spiro atoms. The zero-order chi connectivity index (χ0) is 22.1. The van der Waals surface area contributed by atoms with Gasteiger partial charge in [-0.3, -0.25) is 9.69 Å². The van der Waals surface area contributed by atoms with Crippen molar-refractivity contribution in [2.45, 2.75) is 71.1 Å². The van der Waals surface area contributed by atoms with Crippen LogP contribution in [0.2, 0.25) is 0 Å². The first-order valence-electron chi connectivity index (χ1n) is 11.6. The minimum absolute atomic E-state index is 0.0729. The Balaban J connectivity index is 1.86. The van der Waals surface area contributed by atoms with Crippen LogP contribution < -0.4 is 9.47 Å². The maximum Gasteiger partial charge on any atom is 0.320 e. The van der Waals surface area contributed by atoms with Gasteiger partial charge in [-0.05, 0) is 56.0 Å². The van der Waals surface area contributed by atoms with Crippen LogP contribution in [0.1, 0.15) is 69.5 Å².